The highest BCUT2D eigenvalue weighted by Crippen LogP contribution is 2.15. The van der Waals surface area contributed by atoms with Crippen molar-refractivity contribution in [3.05, 3.63) is 29.6 Å². The van der Waals surface area contributed by atoms with Gasteiger partial charge in [-0.15, -0.1) is 0 Å². The van der Waals surface area contributed by atoms with E-state index in [1.807, 2.05) is 13.0 Å². The maximum atomic E-state index is 12.8. The summed E-state index contributed by atoms with van der Waals surface area (Å²) < 4.78 is 12.8. The summed E-state index contributed by atoms with van der Waals surface area (Å²) in [5.41, 5.74) is 0.796. The lowest BCUT2D eigenvalue weighted by molar-refractivity contribution is 0.183. The summed E-state index contributed by atoms with van der Waals surface area (Å²) in [5, 5.41) is 21.0. The van der Waals surface area contributed by atoms with Gasteiger partial charge in [-0.1, -0.05) is 6.92 Å². The van der Waals surface area contributed by atoms with Crippen molar-refractivity contribution in [1.29, 1.82) is 5.26 Å². The molecule has 15 heavy (non-hydrogen) atoms. The molecule has 0 saturated carbocycles. The third-order valence-electron chi connectivity index (χ3n) is 2.10. The Kier molecular flexibility index (Phi) is 4.07. The first-order valence-corrected chi connectivity index (χ1v) is 4.79. The van der Waals surface area contributed by atoms with Crippen LogP contribution in [-0.2, 0) is 0 Å². The van der Waals surface area contributed by atoms with E-state index in [1.165, 1.54) is 18.2 Å². The van der Waals surface area contributed by atoms with Crippen molar-refractivity contribution in [2.24, 2.45) is 0 Å². The van der Waals surface area contributed by atoms with Crippen molar-refractivity contribution in [3.63, 3.8) is 0 Å². The van der Waals surface area contributed by atoms with Crippen LogP contribution in [0.3, 0.4) is 0 Å². The molecule has 1 aromatic rings. The van der Waals surface area contributed by atoms with Crippen molar-refractivity contribution >= 4 is 5.69 Å². The van der Waals surface area contributed by atoms with E-state index in [2.05, 4.69) is 5.32 Å². The van der Waals surface area contributed by atoms with Gasteiger partial charge >= 0.3 is 0 Å². The maximum Gasteiger partial charge on any atom is 0.124 e. The summed E-state index contributed by atoms with van der Waals surface area (Å²) in [4.78, 5) is 0. The normalized spacial score (nSPS) is 11.9. The number of nitriles is 1. The molecule has 4 heteroatoms. The molecule has 0 aromatic heterocycles. The lowest BCUT2D eigenvalue weighted by atomic mass is 10.2. The third kappa shape index (κ3) is 3.22. The number of aliphatic hydroxyl groups excluding tert-OH is 1. The zero-order chi connectivity index (χ0) is 11.3. The van der Waals surface area contributed by atoms with Gasteiger partial charge in [0.05, 0.1) is 17.4 Å². The first-order valence-electron chi connectivity index (χ1n) is 4.79. The van der Waals surface area contributed by atoms with Gasteiger partial charge in [0.2, 0.25) is 0 Å². The van der Waals surface area contributed by atoms with Crippen molar-refractivity contribution in [1.82, 2.24) is 0 Å². The summed E-state index contributed by atoms with van der Waals surface area (Å²) in [5.74, 6) is -0.437. The minimum atomic E-state index is -0.457. The number of nitrogens with one attached hydrogen (secondary N) is 1. The molecule has 0 radical (unpaired) electrons. The SMILES string of the molecule is CCC(O)CNc1ccc(F)cc1C#N. The summed E-state index contributed by atoms with van der Waals surface area (Å²) in [6.45, 7) is 2.22. The molecule has 0 bridgehead atoms. The van der Waals surface area contributed by atoms with Crippen LogP contribution in [0.4, 0.5) is 10.1 Å². The highest BCUT2D eigenvalue weighted by Gasteiger charge is 2.05. The van der Waals surface area contributed by atoms with Gasteiger partial charge in [-0.25, -0.2) is 4.39 Å². The summed E-state index contributed by atoms with van der Waals surface area (Å²) in [6, 6.07) is 5.84. The lowest BCUT2D eigenvalue weighted by Crippen LogP contribution is -2.18. The summed E-state index contributed by atoms with van der Waals surface area (Å²) in [6.07, 6.45) is 0.178. The molecule has 0 aliphatic heterocycles. The summed E-state index contributed by atoms with van der Waals surface area (Å²) >= 11 is 0. The molecule has 0 saturated heterocycles. The van der Waals surface area contributed by atoms with E-state index in [0.29, 0.717) is 18.7 Å². The molecule has 2 N–H and O–H groups in total. The Morgan fingerprint density at radius 2 is 2.33 bits per heavy atom. The van der Waals surface area contributed by atoms with Crippen molar-refractivity contribution < 1.29 is 9.50 Å². The maximum absolute atomic E-state index is 12.8. The molecule has 0 aliphatic rings. The molecule has 1 aromatic carbocycles. The van der Waals surface area contributed by atoms with Gasteiger partial charge in [-0.2, -0.15) is 5.26 Å². The average molecular weight is 208 g/mol. The second-order valence-electron chi connectivity index (χ2n) is 3.24. The predicted molar refractivity (Wildman–Crippen MR) is 55.9 cm³/mol. The van der Waals surface area contributed by atoms with Crippen molar-refractivity contribution in [2.45, 2.75) is 19.4 Å². The Labute approximate surface area is 88.2 Å². The number of hydrogen-bond acceptors (Lipinski definition) is 3. The van der Waals surface area contributed by atoms with Crippen LogP contribution in [0.5, 0.6) is 0 Å². The molecule has 0 spiro atoms. The third-order valence-corrected chi connectivity index (χ3v) is 2.10. The van der Waals surface area contributed by atoms with Gasteiger partial charge < -0.3 is 10.4 Å². The van der Waals surface area contributed by atoms with Crippen LogP contribution in [0.15, 0.2) is 18.2 Å². The molecule has 80 valence electrons. The monoisotopic (exact) mass is 208 g/mol. The average Bonchev–Trinajstić information content (AvgIpc) is 2.26. The molecule has 0 fully saturated rings. The Morgan fingerprint density at radius 3 is 2.93 bits per heavy atom. The van der Waals surface area contributed by atoms with Crippen molar-refractivity contribution in [3.8, 4) is 6.07 Å². The minimum Gasteiger partial charge on any atom is -0.391 e. The number of halogens is 1. The van der Waals surface area contributed by atoms with Gasteiger partial charge in [0.25, 0.3) is 0 Å². The van der Waals surface area contributed by atoms with E-state index in [4.69, 9.17) is 5.26 Å². The second kappa shape index (κ2) is 5.32. The van der Waals surface area contributed by atoms with Crippen molar-refractivity contribution in [2.75, 3.05) is 11.9 Å². The quantitative estimate of drug-likeness (QED) is 0.794. The number of nitrogens with zero attached hydrogens (tertiary/aromatic N) is 1. The highest BCUT2D eigenvalue weighted by molar-refractivity contribution is 5.57. The molecule has 1 rings (SSSR count). The molecular formula is C11H13FN2O. The zero-order valence-corrected chi connectivity index (χ0v) is 8.50. The molecule has 0 aliphatic carbocycles. The number of anilines is 1. The molecule has 1 atom stereocenters. The van der Waals surface area contributed by atoms with Crippen LogP contribution in [0.1, 0.15) is 18.9 Å². The van der Waals surface area contributed by atoms with Gasteiger partial charge in [-0.05, 0) is 24.6 Å². The lowest BCUT2D eigenvalue weighted by Gasteiger charge is -2.11. The van der Waals surface area contributed by atoms with Gasteiger partial charge in [0.15, 0.2) is 0 Å². The van der Waals surface area contributed by atoms with E-state index in [1.54, 1.807) is 0 Å². The first-order chi connectivity index (χ1) is 7.17. The summed E-state index contributed by atoms with van der Waals surface area (Å²) in [7, 11) is 0. The van der Waals surface area contributed by atoms with Crippen LogP contribution < -0.4 is 5.32 Å². The van der Waals surface area contributed by atoms with Gasteiger partial charge in [-0.3, -0.25) is 0 Å². The molecule has 0 amide bonds. The fraction of sp³-hybridized carbons (Fsp3) is 0.364. The molecule has 0 heterocycles. The first kappa shape index (κ1) is 11.5. The Morgan fingerprint density at radius 1 is 1.60 bits per heavy atom. The van der Waals surface area contributed by atoms with Crippen LogP contribution in [0, 0.1) is 17.1 Å². The smallest absolute Gasteiger partial charge is 0.124 e. The van der Waals surface area contributed by atoms with Crippen LogP contribution in [0.25, 0.3) is 0 Å². The topological polar surface area (TPSA) is 56.0 Å². The fourth-order valence-electron chi connectivity index (χ4n) is 1.14. The minimum absolute atomic E-state index is 0.248. The Bertz CT molecular complexity index is 373. The van der Waals surface area contributed by atoms with E-state index in [9.17, 15) is 9.50 Å². The van der Waals surface area contributed by atoms with Crippen LogP contribution in [0.2, 0.25) is 0 Å². The largest absolute Gasteiger partial charge is 0.391 e. The highest BCUT2D eigenvalue weighted by atomic mass is 19.1. The van der Waals surface area contributed by atoms with E-state index in [-0.39, 0.29) is 5.56 Å². The Balaban J connectivity index is 2.73. The van der Waals surface area contributed by atoms with E-state index >= 15 is 0 Å². The number of aliphatic hydroxyl groups is 1. The molecular weight excluding hydrogens is 195 g/mol. The van der Waals surface area contributed by atoms with Crippen LogP contribution in [-0.4, -0.2) is 17.8 Å². The zero-order valence-electron chi connectivity index (χ0n) is 8.50. The fourth-order valence-corrected chi connectivity index (χ4v) is 1.14. The van der Waals surface area contributed by atoms with Gasteiger partial charge in [0.1, 0.15) is 11.9 Å². The van der Waals surface area contributed by atoms with E-state index < -0.39 is 11.9 Å². The number of rotatable bonds is 4. The number of benzene rings is 1. The second-order valence-corrected chi connectivity index (χ2v) is 3.24. The van der Waals surface area contributed by atoms with Crippen LogP contribution >= 0.6 is 0 Å². The molecule has 1 unspecified atom stereocenters. The predicted octanol–water partition coefficient (Wildman–Crippen LogP) is 1.88. The molecule has 3 nitrogen and oxygen atoms in total. The Hall–Kier alpha value is -1.60. The standard InChI is InChI=1S/C11H13FN2O/c1-2-10(15)7-14-11-4-3-9(12)5-8(11)6-13/h3-5,10,14-15H,2,7H2,1H3. The van der Waals surface area contributed by atoms with Gasteiger partial charge in [0, 0.05) is 6.54 Å². The van der Waals surface area contributed by atoms with E-state index in [0.717, 1.165) is 0 Å². The number of hydrogen-bond donors (Lipinski definition) is 2.